The molecule has 1 aliphatic heterocycles. The third-order valence-electron chi connectivity index (χ3n) is 2.61. The Hall–Kier alpha value is -1.31. The van der Waals surface area contributed by atoms with E-state index in [1.807, 2.05) is 0 Å². The number of aliphatic hydroxyl groups is 1. The Balaban J connectivity index is 2.72. The van der Waals surface area contributed by atoms with Crippen molar-refractivity contribution in [2.24, 2.45) is 0 Å². The van der Waals surface area contributed by atoms with E-state index < -0.39 is 31.3 Å². The Morgan fingerprint density at radius 2 is 2.06 bits per heavy atom. The Bertz CT molecular complexity index is 296. The van der Waals surface area contributed by atoms with Gasteiger partial charge >= 0.3 is 6.18 Å². The number of carbonyl (C=O) groups is 2. The maximum absolute atomic E-state index is 12.6. The molecular weight excluding hydrogens is 241 g/mol. The molecule has 8 heteroatoms. The summed E-state index contributed by atoms with van der Waals surface area (Å²) in [5, 5.41) is 8.55. The Morgan fingerprint density at radius 3 is 2.53 bits per heavy atom. The summed E-state index contributed by atoms with van der Waals surface area (Å²) in [4.78, 5) is 23.5. The van der Waals surface area contributed by atoms with Gasteiger partial charge in [0.2, 0.25) is 12.3 Å². The first kappa shape index (κ1) is 13.8. The van der Waals surface area contributed by atoms with Gasteiger partial charge < -0.3 is 14.9 Å². The van der Waals surface area contributed by atoms with E-state index in [0.717, 1.165) is 4.90 Å². The molecule has 0 aromatic rings. The smallest absolute Gasteiger partial charge is 0.396 e. The van der Waals surface area contributed by atoms with Gasteiger partial charge in [-0.1, -0.05) is 0 Å². The van der Waals surface area contributed by atoms with Gasteiger partial charge in [0.25, 0.3) is 0 Å². The van der Waals surface area contributed by atoms with Crippen LogP contribution in [0.1, 0.15) is 6.42 Å². The second-order valence-electron chi connectivity index (χ2n) is 3.71. The minimum Gasteiger partial charge on any atom is -0.396 e. The summed E-state index contributed by atoms with van der Waals surface area (Å²) >= 11 is 0. The van der Waals surface area contributed by atoms with Crippen molar-refractivity contribution in [2.45, 2.75) is 18.6 Å². The minimum absolute atomic E-state index is 0.0597. The maximum Gasteiger partial charge on any atom is 0.410 e. The molecule has 0 aliphatic carbocycles. The van der Waals surface area contributed by atoms with Gasteiger partial charge in [0.05, 0.1) is 6.61 Å². The van der Waals surface area contributed by atoms with Crippen LogP contribution in [0.15, 0.2) is 0 Å². The van der Waals surface area contributed by atoms with Crippen LogP contribution in [0.3, 0.4) is 0 Å². The Kier molecular flexibility index (Phi) is 4.33. The standard InChI is InChI=1S/C9H13F3N2O3/c10-9(11,12)7-5-13(8(17)1-4-15)2-3-14(7)6-16/h6-7,15H,1-5H2. The monoisotopic (exact) mass is 254 g/mol. The number of rotatable bonds is 3. The van der Waals surface area contributed by atoms with Crippen LogP contribution in [0.25, 0.3) is 0 Å². The minimum atomic E-state index is -4.56. The number of hydrogen-bond acceptors (Lipinski definition) is 3. The van der Waals surface area contributed by atoms with Crippen molar-refractivity contribution in [3.05, 3.63) is 0 Å². The molecule has 17 heavy (non-hydrogen) atoms. The van der Waals surface area contributed by atoms with Gasteiger partial charge in [-0.15, -0.1) is 0 Å². The Labute approximate surface area is 95.8 Å². The van der Waals surface area contributed by atoms with Crippen molar-refractivity contribution >= 4 is 12.3 Å². The first-order chi connectivity index (χ1) is 7.90. The average molecular weight is 254 g/mol. The largest absolute Gasteiger partial charge is 0.410 e. The van der Waals surface area contributed by atoms with E-state index >= 15 is 0 Å². The number of alkyl halides is 3. The third-order valence-corrected chi connectivity index (χ3v) is 2.61. The molecule has 0 aromatic carbocycles. The summed E-state index contributed by atoms with van der Waals surface area (Å²) in [6.45, 7) is -1.06. The number of carbonyl (C=O) groups excluding carboxylic acids is 2. The summed E-state index contributed by atoms with van der Waals surface area (Å²) in [5.74, 6) is -0.535. The molecule has 1 rings (SSSR count). The average Bonchev–Trinajstić information content (AvgIpc) is 2.27. The van der Waals surface area contributed by atoms with Gasteiger partial charge in [-0.3, -0.25) is 9.59 Å². The van der Waals surface area contributed by atoms with Crippen LogP contribution in [0, 0.1) is 0 Å². The highest BCUT2D eigenvalue weighted by Gasteiger charge is 2.46. The molecule has 5 nitrogen and oxygen atoms in total. The number of nitrogens with zero attached hydrogens (tertiary/aromatic N) is 2. The van der Waals surface area contributed by atoms with Gasteiger partial charge in [0.1, 0.15) is 6.04 Å². The van der Waals surface area contributed by atoms with E-state index in [0.29, 0.717) is 4.90 Å². The second kappa shape index (κ2) is 5.35. The lowest BCUT2D eigenvalue weighted by atomic mass is 10.1. The summed E-state index contributed by atoms with van der Waals surface area (Å²) < 4.78 is 37.8. The predicted octanol–water partition coefficient (Wildman–Crippen LogP) is -0.400. The fourth-order valence-electron chi connectivity index (χ4n) is 1.69. The fourth-order valence-corrected chi connectivity index (χ4v) is 1.69. The molecule has 1 atom stereocenters. The van der Waals surface area contributed by atoms with Crippen LogP contribution in [0.4, 0.5) is 13.2 Å². The van der Waals surface area contributed by atoms with Crippen molar-refractivity contribution in [3.63, 3.8) is 0 Å². The van der Waals surface area contributed by atoms with Gasteiger partial charge in [0.15, 0.2) is 0 Å². The molecule has 1 heterocycles. The fraction of sp³-hybridized carbons (Fsp3) is 0.778. The molecule has 0 radical (unpaired) electrons. The van der Waals surface area contributed by atoms with E-state index in [-0.39, 0.29) is 25.9 Å². The molecule has 1 fully saturated rings. The molecule has 1 unspecified atom stereocenters. The number of halogens is 3. The number of hydrogen-bond donors (Lipinski definition) is 1. The molecule has 0 bridgehead atoms. The molecule has 1 saturated heterocycles. The molecular formula is C9H13F3N2O3. The topological polar surface area (TPSA) is 60.9 Å². The summed E-state index contributed by atoms with van der Waals surface area (Å²) in [6, 6.07) is -1.96. The summed E-state index contributed by atoms with van der Waals surface area (Å²) in [7, 11) is 0. The summed E-state index contributed by atoms with van der Waals surface area (Å²) in [6.07, 6.45) is -4.61. The second-order valence-corrected chi connectivity index (χ2v) is 3.71. The molecule has 98 valence electrons. The van der Waals surface area contributed by atoms with E-state index in [2.05, 4.69) is 0 Å². The molecule has 0 saturated carbocycles. The zero-order chi connectivity index (χ0) is 13.1. The van der Waals surface area contributed by atoms with Crippen LogP contribution in [-0.2, 0) is 9.59 Å². The first-order valence-electron chi connectivity index (χ1n) is 5.06. The molecule has 0 spiro atoms. The van der Waals surface area contributed by atoms with Gasteiger partial charge in [-0.25, -0.2) is 0 Å². The van der Waals surface area contributed by atoms with E-state index in [1.165, 1.54) is 0 Å². The highest BCUT2D eigenvalue weighted by atomic mass is 19.4. The predicted molar refractivity (Wildman–Crippen MR) is 50.9 cm³/mol. The highest BCUT2D eigenvalue weighted by Crippen LogP contribution is 2.27. The van der Waals surface area contributed by atoms with E-state index in [4.69, 9.17) is 5.11 Å². The molecule has 2 amide bonds. The lowest BCUT2D eigenvalue weighted by Gasteiger charge is -2.40. The van der Waals surface area contributed by atoms with Crippen molar-refractivity contribution < 1.29 is 27.9 Å². The van der Waals surface area contributed by atoms with Crippen LogP contribution in [-0.4, -0.2) is 65.7 Å². The molecule has 1 aliphatic rings. The summed E-state index contributed by atoms with van der Waals surface area (Å²) in [5.41, 5.74) is 0. The van der Waals surface area contributed by atoms with Crippen LogP contribution in [0.2, 0.25) is 0 Å². The van der Waals surface area contributed by atoms with Gasteiger partial charge in [-0.2, -0.15) is 13.2 Å². The zero-order valence-corrected chi connectivity index (χ0v) is 8.98. The maximum atomic E-state index is 12.6. The van der Waals surface area contributed by atoms with Crippen LogP contribution in [0.5, 0.6) is 0 Å². The number of piperazine rings is 1. The van der Waals surface area contributed by atoms with Crippen molar-refractivity contribution in [1.82, 2.24) is 9.80 Å². The number of amides is 2. The number of aliphatic hydroxyl groups excluding tert-OH is 1. The van der Waals surface area contributed by atoms with Gasteiger partial charge in [0, 0.05) is 26.1 Å². The lowest BCUT2D eigenvalue weighted by Crippen LogP contribution is -2.59. The first-order valence-corrected chi connectivity index (χ1v) is 5.06. The van der Waals surface area contributed by atoms with Crippen molar-refractivity contribution in [2.75, 3.05) is 26.2 Å². The third kappa shape index (κ3) is 3.32. The molecule has 1 N–H and O–H groups in total. The quantitative estimate of drug-likeness (QED) is 0.697. The lowest BCUT2D eigenvalue weighted by molar-refractivity contribution is -0.197. The van der Waals surface area contributed by atoms with Crippen molar-refractivity contribution in [3.8, 4) is 0 Å². The normalized spacial score (nSPS) is 21.5. The molecule has 0 aromatic heterocycles. The van der Waals surface area contributed by atoms with E-state index in [9.17, 15) is 22.8 Å². The van der Waals surface area contributed by atoms with Crippen LogP contribution >= 0.6 is 0 Å². The van der Waals surface area contributed by atoms with Crippen molar-refractivity contribution in [1.29, 1.82) is 0 Å². The Morgan fingerprint density at radius 1 is 1.41 bits per heavy atom. The SMILES string of the molecule is O=CN1CCN(C(=O)CCO)CC1C(F)(F)F. The highest BCUT2D eigenvalue weighted by molar-refractivity contribution is 5.76. The van der Waals surface area contributed by atoms with Crippen LogP contribution < -0.4 is 0 Å². The van der Waals surface area contributed by atoms with Gasteiger partial charge in [-0.05, 0) is 0 Å². The zero-order valence-electron chi connectivity index (χ0n) is 8.98. The van der Waals surface area contributed by atoms with E-state index in [1.54, 1.807) is 0 Å².